The van der Waals surface area contributed by atoms with Crippen molar-refractivity contribution in [1.29, 1.82) is 0 Å². The van der Waals surface area contributed by atoms with Gasteiger partial charge in [-0.05, 0) is 49.2 Å². The molecule has 0 fully saturated rings. The van der Waals surface area contributed by atoms with Crippen LogP contribution in [0, 0.1) is 13.8 Å². The molecule has 1 heterocycles. The maximum Gasteiger partial charge on any atom is 0.334 e. The number of carbonyl (C=O) groups excluding carboxylic acids is 1. The maximum absolute atomic E-state index is 12.4. The van der Waals surface area contributed by atoms with Gasteiger partial charge in [0, 0.05) is 16.8 Å². The van der Waals surface area contributed by atoms with Crippen molar-refractivity contribution in [2.75, 3.05) is 12.1 Å². The number of benzene rings is 2. The zero-order valence-corrected chi connectivity index (χ0v) is 15.5. The summed E-state index contributed by atoms with van der Waals surface area (Å²) in [6.07, 6.45) is 0. The number of hydrogen-bond acceptors (Lipinski definition) is 5. The fraction of sp³-hybridized carbons (Fsp3) is 0.188. The van der Waals surface area contributed by atoms with Gasteiger partial charge < -0.3 is 14.8 Å². The Morgan fingerprint density at radius 1 is 1.08 bits per heavy atom. The standard InChI is InChI=1S/C16H16ClN3O5S/c1-9-6-15(10(2)5-12(9)17)26(22,23)20-19-16(21)18-11-3-4-13-14(7-11)25-8-24-13/h3-7,20H,8H2,1-2H3,(H2,18,19,21). The summed E-state index contributed by atoms with van der Waals surface area (Å²) in [5.74, 6) is 1.07. The lowest BCUT2D eigenvalue weighted by Gasteiger charge is -2.12. The summed E-state index contributed by atoms with van der Waals surface area (Å²) < 4.78 is 35.2. The highest BCUT2D eigenvalue weighted by molar-refractivity contribution is 7.89. The molecule has 0 radical (unpaired) electrons. The van der Waals surface area contributed by atoms with Crippen LogP contribution in [-0.4, -0.2) is 21.2 Å². The molecule has 0 bridgehead atoms. The van der Waals surface area contributed by atoms with Crippen LogP contribution >= 0.6 is 11.6 Å². The molecule has 0 aromatic heterocycles. The van der Waals surface area contributed by atoms with Crippen molar-refractivity contribution in [3.8, 4) is 11.5 Å². The van der Waals surface area contributed by atoms with Gasteiger partial charge in [-0.15, -0.1) is 4.83 Å². The molecule has 0 saturated carbocycles. The number of ether oxygens (including phenoxy) is 2. The van der Waals surface area contributed by atoms with E-state index in [0.29, 0.717) is 33.3 Å². The summed E-state index contributed by atoms with van der Waals surface area (Å²) in [5, 5.41) is 2.96. The quantitative estimate of drug-likeness (QED) is 0.688. The first-order chi connectivity index (χ1) is 12.3. The fourth-order valence-corrected chi connectivity index (χ4v) is 3.72. The molecule has 2 aromatic carbocycles. The molecular formula is C16H16ClN3O5S. The van der Waals surface area contributed by atoms with Crippen LogP contribution in [0.1, 0.15) is 11.1 Å². The number of anilines is 1. The summed E-state index contributed by atoms with van der Waals surface area (Å²) in [6, 6.07) is 7.06. The monoisotopic (exact) mass is 397 g/mol. The molecule has 8 nitrogen and oxygen atoms in total. The third-order valence-corrected chi connectivity index (χ3v) is 5.47. The summed E-state index contributed by atoms with van der Waals surface area (Å²) >= 11 is 5.98. The normalized spacial score (nSPS) is 12.7. The van der Waals surface area contributed by atoms with Crippen molar-refractivity contribution in [2.45, 2.75) is 18.7 Å². The fourth-order valence-electron chi connectivity index (χ4n) is 2.35. The maximum atomic E-state index is 12.4. The van der Waals surface area contributed by atoms with E-state index in [1.54, 1.807) is 38.1 Å². The number of carbonyl (C=O) groups is 1. The van der Waals surface area contributed by atoms with Crippen molar-refractivity contribution in [2.24, 2.45) is 0 Å². The van der Waals surface area contributed by atoms with Gasteiger partial charge in [-0.2, -0.15) is 0 Å². The number of sulfonamides is 1. The minimum absolute atomic E-state index is 0.0304. The third kappa shape index (κ3) is 3.85. The van der Waals surface area contributed by atoms with Gasteiger partial charge in [0.05, 0.1) is 4.90 Å². The molecule has 0 unspecified atom stereocenters. The van der Waals surface area contributed by atoms with Crippen LogP contribution in [0.15, 0.2) is 35.2 Å². The highest BCUT2D eigenvalue weighted by atomic mass is 35.5. The van der Waals surface area contributed by atoms with Crippen LogP contribution in [0.3, 0.4) is 0 Å². The van der Waals surface area contributed by atoms with Crippen LogP contribution in [0.2, 0.25) is 5.02 Å². The SMILES string of the molecule is Cc1cc(S(=O)(=O)NNC(=O)Nc2ccc3c(c2)OCO3)c(C)cc1Cl. The van der Waals surface area contributed by atoms with Gasteiger partial charge in [0.15, 0.2) is 11.5 Å². The Morgan fingerprint density at radius 2 is 1.81 bits per heavy atom. The predicted molar refractivity (Wildman–Crippen MR) is 96.0 cm³/mol. The van der Waals surface area contributed by atoms with Gasteiger partial charge in [0.1, 0.15) is 0 Å². The van der Waals surface area contributed by atoms with E-state index in [9.17, 15) is 13.2 Å². The molecule has 0 spiro atoms. The number of amides is 2. The van der Waals surface area contributed by atoms with Crippen LogP contribution in [0.5, 0.6) is 11.5 Å². The molecule has 0 aliphatic carbocycles. The molecular weight excluding hydrogens is 382 g/mol. The highest BCUT2D eigenvalue weighted by Gasteiger charge is 2.19. The van der Waals surface area contributed by atoms with E-state index < -0.39 is 16.1 Å². The molecule has 3 rings (SSSR count). The molecule has 1 aliphatic rings. The summed E-state index contributed by atoms with van der Waals surface area (Å²) in [7, 11) is -3.95. The highest BCUT2D eigenvalue weighted by Crippen LogP contribution is 2.34. The molecule has 1 aliphatic heterocycles. The van der Waals surface area contributed by atoms with Crippen molar-refractivity contribution >= 4 is 33.3 Å². The number of rotatable bonds is 4. The second-order valence-electron chi connectivity index (χ2n) is 5.62. The molecule has 2 amide bonds. The van der Waals surface area contributed by atoms with Crippen molar-refractivity contribution < 1.29 is 22.7 Å². The van der Waals surface area contributed by atoms with Crippen molar-refractivity contribution in [3.63, 3.8) is 0 Å². The number of hydrazine groups is 1. The Morgan fingerprint density at radius 3 is 2.58 bits per heavy atom. The first-order valence-electron chi connectivity index (χ1n) is 7.51. The number of urea groups is 1. The number of fused-ring (bicyclic) bond motifs is 1. The van der Waals surface area contributed by atoms with E-state index in [2.05, 4.69) is 10.7 Å². The average molecular weight is 398 g/mol. The van der Waals surface area contributed by atoms with Crippen molar-refractivity contribution in [3.05, 3.63) is 46.5 Å². The lowest BCUT2D eigenvalue weighted by Crippen LogP contribution is -2.44. The molecule has 2 aromatic rings. The molecule has 138 valence electrons. The number of aryl methyl sites for hydroxylation is 2. The van der Waals surface area contributed by atoms with Crippen LogP contribution in [-0.2, 0) is 10.0 Å². The van der Waals surface area contributed by atoms with Gasteiger partial charge in [0.2, 0.25) is 6.79 Å². The number of halogens is 1. The lowest BCUT2D eigenvalue weighted by molar-refractivity contribution is 0.174. The summed E-state index contributed by atoms with van der Waals surface area (Å²) in [6.45, 7) is 3.43. The summed E-state index contributed by atoms with van der Waals surface area (Å²) in [4.78, 5) is 14.0. The Kier molecular flexibility index (Phi) is 4.94. The molecule has 10 heteroatoms. The zero-order chi connectivity index (χ0) is 18.9. The minimum Gasteiger partial charge on any atom is -0.454 e. The predicted octanol–water partition coefficient (Wildman–Crippen LogP) is 2.70. The third-order valence-electron chi connectivity index (χ3n) is 3.68. The van der Waals surface area contributed by atoms with E-state index in [-0.39, 0.29) is 11.7 Å². The lowest BCUT2D eigenvalue weighted by atomic mass is 10.2. The van der Waals surface area contributed by atoms with E-state index in [1.165, 1.54) is 6.07 Å². The number of nitrogens with one attached hydrogen (secondary N) is 3. The van der Waals surface area contributed by atoms with E-state index in [0.717, 1.165) is 0 Å². The van der Waals surface area contributed by atoms with Crippen LogP contribution < -0.4 is 25.0 Å². The topological polar surface area (TPSA) is 106 Å². The largest absolute Gasteiger partial charge is 0.454 e. The van der Waals surface area contributed by atoms with Gasteiger partial charge in [-0.3, -0.25) is 5.43 Å². The number of hydrogen-bond donors (Lipinski definition) is 3. The second-order valence-corrected chi connectivity index (χ2v) is 7.68. The van der Waals surface area contributed by atoms with E-state index >= 15 is 0 Å². The van der Waals surface area contributed by atoms with Gasteiger partial charge in [0.25, 0.3) is 10.0 Å². The van der Waals surface area contributed by atoms with Gasteiger partial charge in [-0.1, -0.05) is 11.6 Å². The Balaban J connectivity index is 1.66. The molecule has 0 saturated heterocycles. The zero-order valence-electron chi connectivity index (χ0n) is 13.9. The van der Waals surface area contributed by atoms with Crippen LogP contribution in [0.4, 0.5) is 10.5 Å². The first-order valence-corrected chi connectivity index (χ1v) is 9.37. The second kappa shape index (κ2) is 7.02. The first kappa shape index (κ1) is 18.3. The van der Waals surface area contributed by atoms with Gasteiger partial charge >= 0.3 is 6.03 Å². The van der Waals surface area contributed by atoms with E-state index in [1.807, 2.05) is 4.83 Å². The Labute approximate surface area is 155 Å². The Bertz CT molecular complexity index is 978. The minimum atomic E-state index is -3.95. The smallest absolute Gasteiger partial charge is 0.334 e. The van der Waals surface area contributed by atoms with Crippen LogP contribution in [0.25, 0.3) is 0 Å². The van der Waals surface area contributed by atoms with E-state index in [4.69, 9.17) is 21.1 Å². The molecule has 26 heavy (non-hydrogen) atoms. The molecule has 0 atom stereocenters. The molecule has 3 N–H and O–H groups in total. The average Bonchev–Trinajstić information content (AvgIpc) is 3.04. The summed E-state index contributed by atoms with van der Waals surface area (Å²) in [5.41, 5.74) is 3.60. The van der Waals surface area contributed by atoms with Gasteiger partial charge in [-0.25, -0.2) is 13.2 Å². The van der Waals surface area contributed by atoms with Crippen molar-refractivity contribution in [1.82, 2.24) is 10.3 Å². The Hall–Kier alpha value is -2.49.